The molecule has 0 aliphatic carbocycles. The van der Waals surface area contributed by atoms with Gasteiger partial charge in [-0.2, -0.15) is 13.2 Å². The summed E-state index contributed by atoms with van der Waals surface area (Å²) in [5.41, 5.74) is 1.08. The minimum atomic E-state index is -4.17. The molecule has 0 saturated heterocycles. The van der Waals surface area contributed by atoms with Crippen LogP contribution in [0.4, 0.5) is 13.2 Å². The highest BCUT2D eigenvalue weighted by molar-refractivity contribution is 5.79. The van der Waals surface area contributed by atoms with Gasteiger partial charge >= 0.3 is 6.18 Å². The van der Waals surface area contributed by atoms with Gasteiger partial charge < -0.3 is 10.2 Å². The van der Waals surface area contributed by atoms with Crippen LogP contribution in [0.1, 0.15) is 18.9 Å². The molecule has 0 aliphatic rings. The molecule has 1 aromatic rings. The van der Waals surface area contributed by atoms with Crippen LogP contribution in [0.5, 0.6) is 0 Å². The van der Waals surface area contributed by atoms with Gasteiger partial charge in [-0.15, -0.1) is 0 Å². The van der Waals surface area contributed by atoms with Gasteiger partial charge in [0.05, 0.1) is 13.0 Å². The summed E-state index contributed by atoms with van der Waals surface area (Å²) < 4.78 is 36.4. The number of nitrogens with zero attached hydrogens (tertiary/aromatic N) is 2. The summed E-state index contributed by atoms with van der Waals surface area (Å²) in [6.07, 6.45) is -5.07. The fourth-order valence-corrected chi connectivity index (χ4v) is 1.69. The molecule has 0 saturated carbocycles. The number of benzene rings is 1. The smallest absolute Gasteiger partial charge is 0.357 e. The lowest BCUT2D eigenvalue weighted by Crippen LogP contribution is -2.38. The molecule has 0 bridgehead atoms. The van der Waals surface area contributed by atoms with E-state index in [1.54, 1.807) is 0 Å². The average molecular weight is 287 g/mol. The van der Waals surface area contributed by atoms with E-state index in [1.165, 1.54) is 0 Å². The van der Waals surface area contributed by atoms with E-state index in [0.29, 0.717) is 19.0 Å². The number of halogens is 3. The second-order valence-corrected chi connectivity index (χ2v) is 4.44. The molecule has 6 heteroatoms. The third-order valence-corrected chi connectivity index (χ3v) is 2.62. The molecule has 0 radical (unpaired) electrons. The van der Waals surface area contributed by atoms with Gasteiger partial charge in [0.15, 0.2) is 5.96 Å². The maximum Gasteiger partial charge on any atom is 0.390 e. The quantitative estimate of drug-likeness (QED) is 0.666. The summed E-state index contributed by atoms with van der Waals surface area (Å²) in [5.74, 6) is 0.487. The third kappa shape index (κ3) is 6.45. The second-order valence-electron chi connectivity index (χ2n) is 4.44. The zero-order chi connectivity index (χ0) is 15.0. The summed E-state index contributed by atoms with van der Waals surface area (Å²) in [6, 6.07) is 9.71. The van der Waals surface area contributed by atoms with Crippen LogP contribution in [-0.2, 0) is 6.54 Å². The summed E-state index contributed by atoms with van der Waals surface area (Å²) in [5, 5.41) is 3.00. The molecule has 1 N–H and O–H groups in total. The standard InChI is InChI=1S/C14H20F3N3/c1-3-18-13(19-10-9-14(15,16)17)20(2)11-12-7-5-4-6-8-12/h4-8H,3,9-11H2,1-2H3,(H,18,19). The Hall–Kier alpha value is -1.72. The number of alkyl halides is 3. The van der Waals surface area contributed by atoms with E-state index in [2.05, 4.69) is 10.3 Å². The molecule has 0 aromatic heterocycles. The maximum atomic E-state index is 12.1. The van der Waals surface area contributed by atoms with Gasteiger partial charge in [0, 0.05) is 20.1 Å². The fourth-order valence-electron chi connectivity index (χ4n) is 1.69. The van der Waals surface area contributed by atoms with Crippen molar-refractivity contribution in [2.75, 3.05) is 20.1 Å². The van der Waals surface area contributed by atoms with Crippen LogP contribution in [0.25, 0.3) is 0 Å². The average Bonchev–Trinajstić information content (AvgIpc) is 2.37. The number of rotatable bonds is 5. The molecule has 0 atom stereocenters. The first kappa shape index (κ1) is 16.3. The number of guanidine groups is 1. The Morgan fingerprint density at radius 1 is 1.25 bits per heavy atom. The Morgan fingerprint density at radius 3 is 2.45 bits per heavy atom. The van der Waals surface area contributed by atoms with Gasteiger partial charge in [0.2, 0.25) is 0 Å². The van der Waals surface area contributed by atoms with Crippen LogP contribution in [0.3, 0.4) is 0 Å². The predicted molar refractivity (Wildman–Crippen MR) is 74.6 cm³/mol. The SMILES string of the molecule is CCNC(=NCCC(F)(F)F)N(C)Cc1ccccc1. The molecular formula is C14H20F3N3. The molecule has 1 aromatic carbocycles. The molecule has 0 amide bonds. The molecule has 20 heavy (non-hydrogen) atoms. The number of aliphatic imine (C=N–C) groups is 1. The van der Waals surface area contributed by atoms with E-state index < -0.39 is 12.6 Å². The normalized spacial score (nSPS) is 12.3. The molecule has 1 rings (SSSR count). The molecule has 0 fully saturated rings. The third-order valence-electron chi connectivity index (χ3n) is 2.62. The van der Waals surface area contributed by atoms with Crippen LogP contribution >= 0.6 is 0 Å². The van der Waals surface area contributed by atoms with E-state index >= 15 is 0 Å². The Morgan fingerprint density at radius 2 is 1.90 bits per heavy atom. The van der Waals surface area contributed by atoms with Crippen LogP contribution in [0.2, 0.25) is 0 Å². The summed E-state index contributed by atoms with van der Waals surface area (Å²) in [4.78, 5) is 5.82. The lowest BCUT2D eigenvalue weighted by atomic mass is 10.2. The first-order valence-electron chi connectivity index (χ1n) is 6.52. The molecule has 0 spiro atoms. The fraction of sp³-hybridized carbons (Fsp3) is 0.500. The largest absolute Gasteiger partial charge is 0.390 e. The lowest BCUT2D eigenvalue weighted by Gasteiger charge is -2.22. The van der Waals surface area contributed by atoms with Gasteiger partial charge in [-0.25, -0.2) is 0 Å². The van der Waals surface area contributed by atoms with Crippen molar-refractivity contribution in [3.63, 3.8) is 0 Å². The van der Waals surface area contributed by atoms with Crippen molar-refractivity contribution in [3.8, 4) is 0 Å². The Labute approximate surface area is 117 Å². The van der Waals surface area contributed by atoms with Crippen molar-refractivity contribution in [1.82, 2.24) is 10.2 Å². The molecule has 0 aliphatic heterocycles. The van der Waals surface area contributed by atoms with E-state index in [-0.39, 0.29) is 6.54 Å². The number of nitrogens with one attached hydrogen (secondary N) is 1. The topological polar surface area (TPSA) is 27.6 Å². The molecule has 112 valence electrons. The van der Waals surface area contributed by atoms with Gasteiger partial charge in [-0.3, -0.25) is 4.99 Å². The van der Waals surface area contributed by atoms with E-state index in [1.807, 2.05) is 49.2 Å². The van der Waals surface area contributed by atoms with E-state index in [0.717, 1.165) is 5.56 Å². The Kier molecular flexibility index (Phi) is 6.35. The van der Waals surface area contributed by atoms with Crippen molar-refractivity contribution in [2.45, 2.75) is 26.1 Å². The monoisotopic (exact) mass is 287 g/mol. The van der Waals surface area contributed by atoms with Crippen LogP contribution in [0.15, 0.2) is 35.3 Å². The first-order valence-corrected chi connectivity index (χ1v) is 6.52. The maximum absolute atomic E-state index is 12.1. The predicted octanol–water partition coefficient (Wildman–Crippen LogP) is 3.04. The Bertz CT molecular complexity index is 415. The highest BCUT2D eigenvalue weighted by Crippen LogP contribution is 2.19. The zero-order valence-corrected chi connectivity index (χ0v) is 11.7. The van der Waals surface area contributed by atoms with Gasteiger partial charge in [0.1, 0.15) is 0 Å². The number of hydrogen-bond donors (Lipinski definition) is 1. The van der Waals surface area contributed by atoms with Crippen LogP contribution in [0, 0.1) is 0 Å². The number of hydrogen-bond acceptors (Lipinski definition) is 1. The van der Waals surface area contributed by atoms with Gasteiger partial charge in [0.25, 0.3) is 0 Å². The van der Waals surface area contributed by atoms with Crippen molar-refractivity contribution in [2.24, 2.45) is 4.99 Å². The lowest BCUT2D eigenvalue weighted by molar-refractivity contribution is -0.132. The van der Waals surface area contributed by atoms with Crippen molar-refractivity contribution < 1.29 is 13.2 Å². The van der Waals surface area contributed by atoms with Crippen molar-refractivity contribution in [3.05, 3.63) is 35.9 Å². The zero-order valence-electron chi connectivity index (χ0n) is 11.7. The highest BCUT2D eigenvalue weighted by atomic mass is 19.4. The minimum Gasteiger partial charge on any atom is -0.357 e. The summed E-state index contributed by atoms with van der Waals surface area (Å²) in [7, 11) is 1.81. The van der Waals surface area contributed by atoms with Gasteiger partial charge in [-0.05, 0) is 12.5 Å². The second kappa shape index (κ2) is 7.77. The van der Waals surface area contributed by atoms with Gasteiger partial charge in [-0.1, -0.05) is 30.3 Å². The first-order chi connectivity index (χ1) is 9.42. The van der Waals surface area contributed by atoms with E-state index in [9.17, 15) is 13.2 Å². The summed E-state index contributed by atoms with van der Waals surface area (Å²) in [6.45, 7) is 2.84. The van der Waals surface area contributed by atoms with E-state index in [4.69, 9.17) is 0 Å². The Balaban J connectivity index is 2.62. The summed E-state index contributed by atoms with van der Waals surface area (Å²) >= 11 is 0. The van der Waals surface area contributed by atoms with Crippen molar-refractivity contribution in [1.29, 1.82) is 0 Å². The minimum absolute atomic E-state index is 0.259. The molecule has 0 unspecified atom stereocenters. The highest BCUT2D eigenvalue weighted by Gasteiger charge is 2.26. The van der Waals surface area contributed by atoms with Crippen molar-refractivity contribution >= 4 is 5.96 Å². The molecular weight excluding hydrogens is 267 g/mol. The molecule has 0 heterocycles. The van der Waals surface area contributed by atoms with Crippen LogP contribution < -0.4 is 5.32 Å². The van der Waals surface area contributed by atoms with Crippen LogP contribution in [-0.4, -0.2) is 37.2 Å². The molecule has 3 nitrogen and oxygen atoms in total.